The number of carbonyl (C=O) groups excluding carboxylic acids is 1. The lowest BCUT2D eigenvalue weighted by Crippen LogP contribution is -2.28. The normalized spacial score (nSPS) is 11.0. The third-order valence-corrected chi connectivity index (χ3v) is 5.77. The minimum Gasteiger partial charge on any atom is -0.493 e. The van der Waals surface area contributed by atoms with Gasteiger partial charge in [0.2, 0.25) is 0 Å². The first-order valence-electron chi connectivity index (χ1n) is 9.15. The summed E-state index contributed by atoms with van der Waals surface area (Å²) in [7, 11) is 3.30. The molecular formula is C22H24FNO3S. The molecule has 0 aliphatic rings. The van der Waals surface area contributed by atoms with Crippen LogP contribution in [-0.2, 0) is 11.3 Å². The van der Waals surface area contributed by atoms with Crippen molar-refractivity contribution >= 4 is 27.3 Å². The molecule has 0 bridgehead atoms. The number of fused-ring (bicyclic) bond motifs is 1. The van der Waals surface area contributed by atoms with Crippen LogP contribution in [0.3, 0.4) is 0 Å². The monoisotopic (exact) mass is 401 g/mol. The topological polar surface area (TPSA) is 38.8 Å². The second-order valence-corrected chi connectivity index (χ2v) is 7.70. The molecule has 1 amide bonds. The summed E-state index contributed by atoms with van der Waals surface area (Å²) < 4.78 is 26.1. The van der Waals surface area contributed by atoms with Gasteiger partial charge in [0.25, 0.3) is 5.91 Å². The third kappa shape index (κ3) is 4.34. The van der Waals surface area contributed by atoms with Gasteiger partial charge in [-0.15, -0.1) is 11.3 Å². The summed E-state index contributed by atoms with van der Waals surface area (Å²) in [4.78, 5) is 15.1. The van der Waals surface area contributed by atoms with Crippen molar-refractivity contribution < 1.29 is 18.7 Å². The molecule has 4 nitrogen and oxygen atoms in total. The van der Waals surface area contributed by atoms with Crippen molar-refractivity contribution in [2.75, 3.05) is 27.3 Å². The van der Waals surface area contributed by atoms with E-state index < -0.39 is 0 Å². The van der Waals surface area contributed by atoms with Gasteiger partial charge in [-0.25, -0.2) is 4.39 Å². The van der Waals surface area contributed by atoms with Crippen molar-refractivity contribution in [3.05, 3.63) is 64.3 Å². The number of thiophene rings is 1. The number of para-hydroxylation sites is 1. The largest absolute Gasteiger partial charge is 0.493 e. The molecule has 0 radical (unpaired) electrons. The summed E-state index contributed by atoms with van der Waals surface area (Å²) in [6, 6.07) is 12.8. The maximum atomic E-state index is 14.3. The Morgan fingerprint density at radius 2 is 1.96 bits per heavy atom. The van der Waals surface area contributed by atoms with Gasteiger partial charge in [0.15, 0.2) is 0 Å². The number of carbonyl (C=O) groups is 1. The van der Waals surface area contributed by atoms with Crippen LogP contribution in [0, 0.1) is 12.7 Å². The fourth-order valence-electron chi connectivity index (χ4n) is 3.10. The molecule has 0 unspecified atom stereocenters. The standard InChI is InChI=1S/C22H24FNO3S/c1-15-8-4-5-10-18(15)27-13-7-12-24(2)22(25)21-16(14-26-3)20-17(23)9-6-11-19(20)28-21/h4-6,8-11H,7,12-14H2,1-3H3. The van der Waals surface area contributed by atoms with Crippen LogP contribution in [0.15, 0.2) is 42.5 Å². The third-order valence-electron chi connectivity index (χ3n) is 4.58. The minimum atomic E-state index is -0.325. The van der Waals surface area contributed by atoms with Crippen LogP contribution in [0.4, 0.5) is 4.39 Å². The van der Waals surface area contributed by atoms with Crippen LogP contribution in [0.1, 0.15) is 27.2 Å². The number of rotatable bonds is 8. The lowest BCUT2D eigenvalue weighted by atomic mass is 10.1. The molecule has 0 N–H and O–H groups in total. The van der Waals surface area contributed by atoms with E-state index in [-0.39, 0.29) is 18.3 Å². The Balaban J connectivity index is 1.67. The molecule has 0 spiro atoms. The highest BCUT2D eigenvalue weighted by atomic mass is 32.1. The average molecular weight is 402 g/mol. The number of hydrogen-bond acceptors (Lipinski definition) is 4. The van der Waals surface area contributed by atoms with Crippen molar-refractivity contribution in [1.29, 1.82) is 0 Å². The quantitative estimate of drug-likeness (QED) is 0.497. The van der Waals surface area contributed by atoms with E-state index in [0.29, 0.717) is 35.4 Å². The molecule has 148 valence electrons. The van der Waals surface area contributed by atoms with Crippen LogP contribution in [0.2, 0.25) is 0 Å². The van der Waals surface area contributed by atoms with Gasteiger partial charge >= 0.3 is 0 Å². The van der Waals surface area contributed by atoms with Crippen LogP contribution < -0.4 is 4.74 Å². The lowest BCUT2D eigenvalue weighted by molar-refractivity contribution is 0.0788. The van der Waals surface area contributed by atoms with Gasteiger partial charge in [-0.05, 0) is 37.1 Å². The average Bonchev–Trinajstić information content (AvgIpc) is 3.06. The number of amides is 1. The van der Waals surface area contributed by atoms with Gasteiger partial charge in [0.1, 0.15) is 11.6 Å². The summed E-state index contributed by atoms with van der Waals surface area (Å²) in [6.07, 6.45) is 0.704. The maximum absolute atomic E-state index is 14.3. The first kappa shape index (κ1) is 20.3. The minimum absolute atomic E-state index is 0.122. The Bertz CT molecular complexity index is 970. The molecule has 1 heterocycles. The van der Waals surface area contributed by atoms with E-state index in [0.717, 1.165) is 16.0 Å². The van der Waals surface area contributed by atoms with Gasteiger partial charge < -0.3 is 14.4 Å². The highest BCUT2D eigenvalue weighted by Gasteiger charge is 2.23. The van der Waals surface area contributed by atoms with Gasteiger partial charge in [-0.1, -0.05) is 24.3 Å². The van der Waals surface area contributed by atoms with Crippen molar-refractivity contribution in [2.24, 2.45) is 0 Å². The highest BCUT2D eigenvalue weighted by molar-refractivity contribution is 7.21. The second kappa shape index (κ2) is 9.17. The van der Waals surface area contributed by atoms with E-state index in [4.69, 9.17) is 9.47 Å². The van der Waals surface area contributed by atoms with Crippen LogP contribution in [0.25, 0.3) is 10.1 Å². The number of benzene rings is 2. The van der Waals surface area contributed by atoms with E-state index in [2.05, 4.69) is 0 Å². The predicted octanol–water partition coefficient (Wildman–Crippen LogP) is 5.04. The number of ether oxygens (including phenoxy) is 2. The van der Waals surface area contributed by atoms with Gasteiger partial charge in [0.05, 0.1) is 18.1 Å². The Hall–Kier alpha value is -2.44. The molecular weight excluding hydrogens is 377 g/mol. The summed E-state index contributed by atoms with van der Waals surface area (Å²) >= 11 is 1.31. The summed E-state index contributed by atoms with van der Waals surface area (Å²) in [5, 5.41) is 0.481. The molecule has 0 saturated carbocycles. The van der Waals surface area contributed by atoms with E-state index in [1.807, 2.05) is 37.3 Å². The molecule has 28 heavy (non-hydrogen) atoms. The van der Waals surface area contributed by atoms with Gasteiger partial charge in [0, 0.05) is 36.4 Å². The summed E-state index contributed by atoms with van der Waals surface area (Å²) in [6.45, 7) is 3.28. The smallest absolute Gasteiger partial charge is 0.264 e. The first-order chi connectivity index (χ1) is 13.5. The SMILES string of the molecule is COCc1c(C(=O)N(C)CCCOc2ccccc2C)sc2cccc(F)c12. The fraction of sp³-hybridized carbons (Fsp3) is 0.318. The Morgan fingerprint density at radius 3 is 2.71 bits per heavy atom. The maximum Gasteiger partial charge on any atom is 0.264 e. The zero-order valence-electron chi connectivity index (χ0n) is 16.3. The van der Waals surface area contributed by atoms with Crippen LogP contribution >= 0.6 is 11.3 Å². The number of methoxy groups -OCH3 is 1. The fourth-order valence-corrected chi connectivity index (χ4v) is 4.32. The van der Waals surface area contributed by atoms with Gasteiger partial charge in [-0.3, -0.25) is 4.79 Å². The molecule has 0 fully saturated rings. The first-order valence-corrected chi connectivity index (χ1v) is 9.97. The zero-order valence-corrected chi connectivity index (χ0v) is 17.1. The number of nitrogens with zero attached hydrogens (tertiary/aromatic N) is 1. The Labute approximate surface area is 168 Å². The molecule has 0 aliphatic heterocycles. The summed E-state index contributed by atoms with van der Waals surface area (Å²) in [5.41, 5.74) is 1.71. The van der Waals surface area contributed by atoms with Crippen molar-refractivity contribution in [2.45, 2.75) is 20.0 Å². The molecule has 1 aromatic heterocycles. The number of halogens is 1. The summed E-state index contributed by atoms with van der Waals surface area (Å²) in [5.74, 6) is 0.413. The van der Waals surface area contributed by atoms with E-state index >= 15 is 0 Å². The molecule has 0 saturated heterocycles. The number of aryl methyl sites for hydroxylation is 1. The van der Waals surface area contributed by atoms with E-state index in [9.17, 15) is 9.18 Å². The van der Waals surface area contributed by atoms with Crippen molar-refractivity contribution in [1.82, 2.24) is 4.90 Å². The molecule has 2 aromatic carbocycles. The van der Waals surface area contributed by atoms with Crippen LogP contribution in [0.5, 0.6) is 5.75 Å². The molecule has 3 aromatic rings. The number of hydrogen-bond donors (Lipinski definition) is 0. The van der Waals surface area contributed by atoms with Crippen LogP contribution in [-0.4, -0.2) is 38.1 Å². The predicted molar refractivity (Wildman–Crippen MR) is 111 cm³/mol. The Morgan fingerprint density at radius 1 is 1.18 bits per heavy atom. The highest BCUT2D eigenvalue weighted by Crippen LogP contribution is 2.34. The van der Waals surface area contributed by atoms with Crippen molar-refractivity contribution in [3.63, 3.8) is 0 Å². The molecule has 0 atom stereocenters. The molecule has 6 heteroatoms. The molecule has 3 rings (SSSR count). The Kier molecular flexibility index (Phi) is 6.65. The van der Waals surface area contributed by atoms with E-state index in [1.54, 1.807) is 25.1 Å². The lowest BCUT2D eigenvalue weighted by Gasteiger charge is -2.17. The zero-order chi connectivity index (χ0) is 20.1. The van der Waals surface area contributed by atoms with Gasteiger partial charge in [-0.2, -0.15) is 0 Å². The van der Waals surface area contributed by atoms with Crippen molar-refractivity contribution in [3.8, 4) is 5.75 Å². The second-order valence-electron chi connectivity index (χ2n) is 6.65. The van der Waals surface area contributed by atoms with E-state index in [1.165, 1.54) is 17.4 Å². The molecule has 0 aliphatic carbocycles.